The lowest BCUT2D eigenvalue weighted by Gasteiger charge is -2.12. The molecule has 2 aromatic rings. The molecular formula is C13H11FN2O2. The van der Waals surface area contributed by atoms with E-state index in [1.807, 2.05) is 0 Å². The maximum Gasteiger partial charge on any atom is 0.314 e. The monoisotopic (exact) mass is 246 g/mol. The minimum absolute atomic E-state index is 0.373. The molecule has 0 unspecified atom stereocenters. The van der Waals surface area contributed by atoms with Gasteiger partial charge in [-0.05, 0) is 30.5 Å². The molecule has 0 amide bonds. The fraction of sp³-hybridized carbons (Fsp3) is 0.231. The Morgan fingerprint density at radius 2 is 2.22 bits per heavy atom. The second-order valence-corrected chi connectivity index (χ2v) is 4.52. The number of carboxylic acid groups (broad SMARTS) is 1. The number of carboxylic acids is 1. The summed E-state index contributed by atoms with van der Waals surface area (Å²) in [6.07, 6.45) is 5.86. The molecular weight excluding hydrogens is 235 g/mol. The Kier molecular flexibility index (Phi) is 2.23. The van der Waals surface area contributed by atoms with Crippen LogP contribution in [0.1, 0.15) is 18.4 Å². The molecule has 0 atom stereocenters. The van der Waals surface area contributed by atoms with E-state index < -0.39 is 17.2 Å². The lowest BCUT2D eigenvalue weighted by atomic mass is 9.96. The van der Waals surface area contributed by atoms with E-state index in [1.54, 1.807) is 29.1 Å². The number of aromatic nitrogens is 2. The van der Waals surface area contributed by atoms with E-state index in [0.717, 1.165) is 0 Å². The van der Waals surface area contributed by atoms with E-state index in [4.69, 9.17) is 5.11 Å². The largest absolute Gasteiger partial charge is 0.481 e. The SMILES string of the molecule is O=C(O)C1(c2ccc(-n3ccnc3)c(F)c2)CC1. The molecule has 1 aliphatic carbocycles. The van der Waals surface area contributed by atoms with Crippen LogP contribution in [0.15, 0.2) is 36.9 Å². The Balaban J connectivity index is 2.03. The van der Waals surface area contributed by atoms with Gasteiger partial charge in [-0.1, -0.05) is 6.07 Å². The zero-order chi connectivity index (χ0) is 12.8. The molecule has 4 nitrogen and oxygen atoms in total. The zero-order valence-electron chi connectivity index (χ0n) is 9.51. The second-order valence-electron chi connectivity index (χ2n) is 4.52. The molecule has 0 aliphatic heterocycles. The van der Waals surface area contributed by atoms with Crippen LogP contribution in [0.5, 0.6) is 0 Å². The summed E-state index contributed by atoms with van der Waals surface area (Å²) in [6, 6.07) is 4.59. The van der Waals surface area contributed by atoms with Crippen LogP contribution < -0.4 is 0 Å². The van der Waals surface area contributed by atoms with Crippen LogP contribution in [0.4, 0.5) is 4.39 Å². The first-order valence-corrected chi connectivity index (χ1v) is 5.65. The number of hydrogen-bond acceptors (Lipinski definition) is 2. The van der Waals surface area contributed by atoms with Gasteiger partial charge in [0.2, 0.25) is 0 Å². The van der Waals surface area contributed by atoms with E-state index in [2.05, 4.69) is 4.98 Å². The predicted octanol–water partition coefficient (Wildman–Crippen LogP) is 2.13. The number of rotatable bonds is 3. The smallest absolute Gasteiger partial charge is 0.314 e. The van der Waals surface area contributed by atoms with Gasteiger partial charge < -0.3 is 9.67 Å². The molecule has 1 fully saturated rings. The number of benzene rings is 1. The molecule has 1 heterocycles. The number of imidazole rings is 1. The molecule has 1 aromatic carbocycles. The molecule has 0 radical (unpaired) electrons. The van der Waals surface area contributed by atoms with Crippen LogP contribution in [0.25, 0.3) is 5.69 Å². The van der Waals surface area contributed by atoms with Gasteiger partial charge in [0.1, 0.15) is 5.82 Å². The van der Waals surface area contributed by atoms with Crippen LogP contribution in [0.2, 0.25) is 0 Å². The van der Waals surface area contributed by atoms with Crippen LogP contribution in [-0.4, -0.2) is 20.6 Å². The average molecular weight is 246 g/mol. The number of aliphatic carboxylic acids is 1. The molecule has 1 saturated carbocycles. The summed E-state index contributed by atoms with van der Waals surface area (Å²) < 4.78 is 15.5. The van der Waals surface area contributed by atoms with Crippen LogP contribution in [0.3, 0.4) is 0 Å². The topological polar surface area (TPSA) is 55.1 Å². The first-order chi connectivity index (χ1) is 8.63. The van der Waals surface area contributed by atoms with Gasteiger partial charge in [-0.2, -0.15) is 0 Å². The van der Waals surface area contributed by atoms with Gasteiger partial charge in [-0.25, -0.2) is 9.37 Å². The first kappa shape index (κ1) is 11.0. The van der Waals surface area contributed by atoms with Gasteiger partial charge in [0.25, 0.3) is 0 Å². The number of carbonyl (C=O) groups is 1. The zero-order valence-corrected chi connectivity index (χ0v) is 9.51. The molecule has 1 N–H and O–H groups in total. The fourth-order valence-electron chi connectivity index (χ4n) is 2.17. The molecule has 0 spiro atoms. The maximum absolute atomic E-state index is 14.0. The molecule has 92 valence electrons. The van der Waals surface area contributed by atoms with Crippen LogP contribution >= 0.6 is 0 Å². The fourth-order valence-corrected chi connectivity index (χ4v) is 2.17. The van der Waals surface area contributed by atoms with Crippen molar-refractivity contribution in [3.8, 4) is 5.69 Å². The summed E-state index contributed by atoms with van der Waals surface area (Å²) in [7, 11) is 0. The molecule has 5 heteroatoms. The Morgan fingerprint density at radius 1 is 1.44 bits per heavy atom. The highest BCUT2D eigenvalue weighted by Gasteiger charge is 2.51. The van der Waals surface area contributed by atoms with Gasteiger partial charge in [0.15, 0.2) is 0 Å². The third-order valence-electron chi connectivity index (χ3n) is 3.44. The second kappa shape index (κ2) is 3.66. The van der Waals surface area contributed by atoms with Crippen molar-refractivity contribution in [2.45, 2.75) is 18.3 Å². The van der Waals surface area contributed by atoms with E-state index >= 15 is 0 Å². The third kappa shape index (κ3) is 1.51. The molecule has 0 saturated heterocycles. The number of nitrogens with zero attached hydrogens (tertiary/aromatic N) is 2. The number of halogens is 1. The summed E-state index contributed by atoms with van der Waals surface area (Å²) >= 11 is 0. The van der Waals surface area contributed by atoms with E-state index in [0.29, 0.717) is 24.1 Å². The molecule has 1 aromatic heterocycles. The minimum Gasteiger partial charge on any atom is -0.481 e. The Labute approximate surface area is 103 Å². The van der Waals surface area contributed by atoms with E-state index in [1.165, 1.54) is 12.4 Å². The van der Waals surface area contributed by atoms with Crippen molar-refractivity contribution in [1.29, 1.82) is 0 Å². The lowest BCUT2D eigenvalue weighted by molar-refractivity contribution is -0.140. The first-order valence-electron chi connectivity index (χ1n) is 5.65. The molecule has 1 aliphatic rings. The Morgan fingerprint density at radius 3 is 2.72 bits per heavy atom. The van der Waals surface area contributed by atoms with Gasteiger partial charge in [-0.15, -0.1) is 0 Å². The van der Waals surface area contributed by atoms with Crippen LogP contribution in [-0.2, 0) is 10.2 Å². The normalized spacial score (nSPS) is 16.5. The predicted molar refractivity (Wildman–Crippen MR) is 62.1 cm³/mol. The van der Waals surface area contributed by atoms with Crippen molar-refractivity contribution in [3.63, 3.8) is 0 Å². The van der Waals surface area contributed by atoms with Crippen molar-refractivity contribution in [2.24, 2.45) is 0 Å². The number of hydrogen-bond donors (Lipinski definition) is 1. The van der Waals surface area contributed by atoms with Gasteiger partial charge in [0, 0.05) is 12.4 Å². The Bertz CT molecular complexity index is 603. The third-order valence-corrected chi connectivity index (χ3v) is 3.44. The van der Waals surface area contributed by atoms with Crippen LogP contribution in [0, 0.1) is 5.82 Å². The summed E-state index contributed by atoms with van der Waals surface area (Å²) in [5.74, 6) is -1.31. The van der Waals surface area contributed by atoms with Gasteiger partial charge in [-0.3, -0.25) is 4.79 Å². The summed E-state index contributed by atoms with van der Waals surface area (Å²) in [5.41, 5.74) is 0.0442. The molecule has 18 heavy (non-hydrogen) atoms. The highest BCUT2D eigenvalue weighted by Crippen LogP contribution is 2.48. The minimum atomic E-state index is -0.878. The average Bonchev–Trinajstić information content (AvgIpc) is 2.99. The molecule has 3 rings (SSSR count). The summed E-state index contributed by atoms with van der Waals surface area (Å²) in [4.78, 5) is 15.0. The highest BCUT2D eigenvalue weighted by molar-refractivity contribution is 5.85. The van der Waals surface area contributed by atoms with Gasteiger partial charge >= 0.3 is 5.97 Å². The quantitative estimate of drug-likeness (QED) is 0.902. The standard InChI is InChI=1S/C13H11FN2O2/c14-10-7-9(13(3-4-13)12(17)18)1-2-11(10)16-6-5-15-8-16/h1-2,5-8H,3-4H2,(H,17,18). The molecule has 0 bridgehead atoms. The van der Waals surface area contributed by atoms with Crippen molar-refractivity contribution in [3.05, 3.63) is 48.3 Å². The van der Waals surface area contributed by atoms with E-state index in [-0.39, 0.29) is 0 Å². The maximum atomic E-state index is 14.0. The van der Waals surface area contributed by atoms with Crippen molar-refractivity contribution in [2.75, 3.05) is 0 Å². The van der Waals surface area contributed by atoms with Crippen molar-refractivity contribution >= 4 is 5.97 Å². The lowest BCUT2D eigenvalue weighted by Crippen LogP contribution is -2.19. The highest BCUT2D eigenvalue weighted by atomic mass is 19.1. The Hall–Kier alpha value is -2.17. The van der Waals surface area contributed by atoms with Crippen molar-refractivity contribution < 1.29 is 14.3 Å². The van der Waals surface area contributed by atoms with Crippen molar-refractivity contribution in [1.82, 2.24) is 9.55 Å². The van der Waals surface area contributed by atoms with Gasteiger partial charge in [0.05, 0.1) is 17.4 Å². The van der Waals surface area contributed by atoms with E-state index in [9.17, 15) is 9.18 Å². The summed E-state index contributed by atoms with van der Waals surface area (Å²) in [5, 5.41) is 9.16. The summed E-state index contributed by atoms with van der Waals surface area (Å²) in [6.45, 7) is 0.